The molecule has 6 nitrogen and oxygen atoms in total. The first-order valence-electron chi connectivity index (χ1n) is 6.69. The minimum Gasteiger partial charge on any atom is -0.464 e. The van der Waals surface area contributed by atoms with Crippen LogP contribution in [0.2, 0.25) is 0 Å². The number of hydrogen-bond acceptors (Lipinski definition) is 4. The van der Waals surface area contributed by atoms with Gasteiger partial charge in [-0.05, 0) is 35.9 Å². The van der Waals surface area contributed by atoms with Gasteiger partial charge < -0.3 is 4.42 Å². The van der Waals surface area contributed by atoms with Crippen LogP contribution in [0.15, 0.2) is 41.0 Å². The number of furan rings is 1. The molecular weight excluding hydrogens is 379 g/mol. The summed E-state index contributed by atoms with van der Waals surface area (Å²) < 4.78 is 3.00. The maximum absolute atomic E-state index is 12.2. The molecule has 0 bridgehead atoms. The first-order valence-corrected chi connectivity index (χ1v) is 7.82. The number of rotatable bonds is 1. The van der Waals surface area contributed by atoms with Gasteiger partial charge in [0.2, 0.25) is 5.91 Å². The fourth-order valence-corrected chi connectivity index (χ4v) is 2.51. The molecule has 1 N–H and O–H groups in total. The summed E-state index contributed by atoms with van der Waals surface area (Å²) >= 11 is 16.2. The van der Waals surface area contributed by atoms with E-state index in [0.29, 0.717) is 17.0 Å². The van der Waals surface area contributed by atoms with Gasteiger partial charge in [-0.1, -0.05) is 34.8 Å². The van der Waals surface area contributed by atoms with Crippen molar-refractivity contribution in [3.8, 4) is 11.3 Å². The maximum Gasteiger partial charge on any atom is 0.335 e. The van der Waals surface area contributed by atoms with Crippen molar-refractivity contribution in [2.45, 2.75) is 10.2 Å². The maximum atomic E-state index is 12.2. The van der Waals surface area contributed by atoms with Crippen molar-refractivity contribution in [1.82, 2.24) is 5.32 Å². The molecule has 1 aliphatic rings. The molecule has 24 heavy (non-hydrogen) atoms. The average Bonchev–Trinajstić information content (AvgIpc) is 3.11. The summed E-state index contributed by atoms with van der Waals surface area (Å²) in [7, 11) is 0. The number of carbonyl (C=O) groups is 3. The molecule has 3 rings (SSSR count). The van der Waals surface area contributed by atoms with Crippen LogP contribution in [-0.2, 0) is 16.0 Å². The normalized spacial score (nSPS) is 13.8. The van der Waals surface area contributed by atoms with Crippen LogP contribution in [-0.4, -0.2) is 21.6 Å². The van der Waals surface area contributed by atoms with E-state index in [1.807, 2.05) is 5.32 Å². The monoisotopic (exact) mass is 386 g/mol. The van der Waals surface area contributed by atoms with E-state index in [2.05, 4.69) is 0 Å². The molecule has 0 saturated heterocycles. The van der Waals surface area contributed by atoms with Crippen molar-refractivity contribution >= 4 is 58.3 Å². The highest BCUT2D eigenvalue weighted by molar-refractivity contribution is 6.76. The molecule has 1 aromatic heterocycles. The third-order valence-electron chi connectivity index (χ3n) is 3.40. The van der Waals surface area contributed by atoms with Crippen LogP contribution >= 0.6 is 34.8 Å². The Hall–Kier alpha value is -2.02. The number of anilines is 1. The van der Waals surface area contributed by atoms with E-state index in [0.717, 1.165) is 10.5 Å². The second-order valence-corrected chi connectivity index (χ2v) is 7.26. The van der Waals surface area contributed by atoms with Crippen LogP contribution < -0.4 is 10.2 Å². The van der Waals surface area contributed by atoms with E-state index in [1.165, 1.54) is 6.26 Å². The number of benzene rings is 1. The number of imide groups is 2. The topological polar surface area (TPSA) is 79.6 Å². The summed E-state index contributed by atoms with van der Waals surface area (Å²) in [5.41, 5.74) is 1.77. The lowest BCUT2D eigenvalue weighted by atomic mass is 10.1. The van der Waals surface area contributed by atoms with Crippen molar-refractivity contribution in [1.29, 1.82) is 0 Å². The fourth-order valence-electron chi connectivity index (χ4n) is 2.36. The van der Waals surface area contributed by atoms with Gasteiger partial charge in [0.15, 0.2) is 0 Å². The smallest absolute Gasteiger partial charge is 0.335 e. The molecule has 0 radical (unpaired) electrons. The van der Waals surface area contributed by atoms with Gasteiger partial charge in [-0.25, -0.2) is 9.69 Å². The minimum atomic E-state index is -2.30. The molecule has 0 atom stereocenters. The van der Waals surface area contributed by atoms with Gasteiger partial charge in [0, 0.05) is 5.56 Å². The third kappa shape index (κ3) is 3.13. The van der Waals surface area contributed by atoms with Crippen molar-refractivity contribution in [3.05, 3.63) is 42.2 Å². The molecule has 0 unspecified atom stereocenters. The molecule has 2 aromatic rings. The number of nitrogens with zero attached hydrogens (tertiary/aromatic N) is 1. The summed E-state index contributed by atoms with van der Waals surface area (Å²) in [5, 5.41) is 1.89. The van der Waals surface area contributed by atoms with Crippen LogP contribution in [0, 0.1) is 0 Å². The van der Waals surface area contributed by atoms with Gasteiger partial charge in [-0.3, -0.25) is 14.9 Å². The van der Waals surface area contributed by atoms with E-state index in [4.69, 9.17) is 39.2 Å². The molecule has 1 aromatic carbocycles. The number of fused-ring (bicyclic) bond motifs is 1. The molecule has 4 amide bonds. The van der Waals surface area contributed by atoms with Crippen molar-refractivity contribution < 1.29 is 18.8 Å². The molecule has 0 fully saturated rings. The number of hydrogen-bond donors (Lipinski definition) is 1. The Morgan fingerprint density at radius 3 is 2.58 bits per heavy atom. The second kappa shape index (κ2) is 6.12. The number of amides is 4. The number of halogens is 3. The van der Waals surface area contributed by atoms with Gasteiger partial charge in [0.05, 0.1) is 18.4 Å². The zero-order valence-electron chi connectivity index (χ0n) is 11.9. The Labute approximate surface area is 151 Å². The predicted molar refractivity (Wildman–Crippen MR) is 89.2 cm³/mol. The Morgan fingerprint density at radius 2 is 1.96 bits per heavy atom. The molecular formula is C15H9Cl3N2O4. The first kappa shape index (κ1) is 16.8. The van der Waals surface area contributed by atoms with E-state index >= 15 is 0 Å². The zero-order chi connectivity index (χ0) is 17.5. The van der Waals surface area contributed by atoms with Gasteiger partial charge in [-0.15, -0.1) is 0 Å². The largest absolute Gasteiger partial charge is 0.464 e. The molecule has 1 aliphatic heterocycles. The lowest BCUT2D eigenvalue weighted by molar-refractivity contribution is -0.119. The lowest BCUT2D eigenvalue weighted by Crippen LogP contribution is -2.48. The predicted octanol–water partition coefficient (Wildman–Crippen LogP) is 3.44. The van der Waals surface area contributed by atoms with E-state index < -0.39 is 21.6 Å². The highest BCUT2D eigenvalue weighted by Gasteiger charge is 2.37. The van der Waals surface area contributed by atoms with Crippen LogP contribution in [0.25, 0.3) is 11.3 Å². The fraction of sp³-hybridized carbons (Fsp3) is 0.133. The Morgan fingerprint density at radius 1 is 1.21 bits per heavy atom. The third-order valence-corrected chi connectivity index (χ3v) is 3.91. The van der Waals surface area contributed by atoms with Crippen LogP contribution in [0.4, 0.5) is 10.5 Å². The second-order valence-electron chi connectivity index (χ2n) is 4.98. The van der Waals surface area contributed by atoms with Crippen molar-refractivity contribution in [2.24, 2.45) is 0 Å². The minimum absolute atomic E-state index is 0.0132. The van der Waals surface area contributed by atoms with Gasteiger partial charge >= 0.3 is 6.03 Å². The van der Waals surface area contributed by atoms with Crippen LogP contribution in [0.3, 0.4) is 0 Å². The average molecular weight is 388 g/mol. The molecule has 9 heteroatoms. The molecule has 124 valence electrons. The summed E-state index contributed by atoms with van der Waals surface area (Å²) in [6.45, 7) is 0. The summed E-state index contributed by atoms with van der Waals surface area (Å²) in [6.07, 6.45) is 1.55. The Kier molecular flexibility index (Phi) is 4.29. The summed E-state index contributed by atoms with van der Waals surface area (Å²) in [5.74, 6) is -0.985. The highest BCUT2D eigenvalue weighted by Crippen LogP contribution is 2.33. The molecule has 0 aliphatic carbocycles. The Bertz CT molecular complexity index is 828. The van der Waals surface area contributed by atoms with Crippen LogP contribution in [0.5, 0.6) is 0 Å². The molecule has 0 spiro atoms. The van der Waals surface area contributed by atoms with Crippen molar-refractivity contribution in [2.75, 3.05) is 4.90 Å². The quantitative estimate of drug-likeness (QED) is 0.760. The van der Waals surface area contributed by atoms with Gasteiger partial charge in [-0.2, -0.15) is 0 Å². The van der Waals surface area contributed by atoms with Crippen molar-refractivity contribution in [3.63, 3.8) is 0 Å². The zero-order valence-corrected chi connectivity index (χ0v) is 14.2. The van der Waals surface area contributed by atoms with E-state index in [1.54, 1.807) is 30.3 Å². The standard InChI is InChI=1S/C15H9Cl3N2O4/c16-15(17,18)13(22)19-14(23)20-10-4-3-8(11-2-1-5-24-11)6-9(10)7-12(20)21/h1-6H,7H2,(H,19,22,23). The van der Waals surface area contributed by atoms with Gasteiger partial charge in [0.25, 0.3) is 9.70 Å². The number of alkyl halides is 3. The number of carbonyl (C=O) groups excluding carboxylic acids is 3. The summed E-state index contributed by atoms with van der Waals surface area (Å²) in [6, 6.07) is 7.60. The van der Waals surface area contributed by atoms with Gasteiger partial charge in [0.1, 0.15) is 5.76 Å². The van der Waals surface area contributed by atoms with E-state index in [9.17, 15) is 14.4 Å². The first-order chi connectivity index (χ1) is 11.3. The Balaban J connectivity index is 1.87. The SMILES string of the molecule is O=C1Cc2cc(-c3ccco3)ccc2N1C(=O)NC(=O)C(Cl)(Cl)Cl. The van der Waals surface area contributed by atoms with E-state index in [-0.39, 0.29) is 6.42 Å². The molecule has 0 saturated carbocycles. The summed E-state index contributed by atoms with van der Waals surface area (Å²) in [4.78, 5) is 36.7. The number of nitrogens with one attached hydrogen (secondary N) is 1. The lowest BCUT2D eigenvalue weighted by Gasteiger charge is -2.17. The highest BCUT2D eigenvalue weighted by atomic mass is 35.6. The van der Waals surface area contributed by atoms with Crippen LogP contribution in [0.1, 0.15) is 5.56 Å². The number of urea groups is 1. The molecule has 2 heterocycles.